The van der Waals surface area contributed by atoms with Crippen LogP contribution in [0.3, 0.4) is 0 Å². The van der Waals surface area contributed by atoms with Gasteiger partial charge in [0.2, 0.25) is 0 Å². The third-order valence-corrected chi connectivity index (χ3v) is 4.92. The molecule has 0 saturated heterocycles. The summed E-state index contributed by atoms with van der Waals surface area (Å²) in [6.07, 6.45) is -7.80. The van der Waals surface area contributed by atoms with Gasteiger partial charge in [0.1, 0.15) is 0 Å². The van der Waals surface area contributed by atoms with Crippen molar-refractivity contribution in [2.24, 2.45) is 0 Å². The van der Waals surface area contributed by atoms with Gasteiger partial charge in [0.15, 0.2) is 8.32 Å². The minimum absolute atomic E-state index is 0.209. The van der Waals surface area contributed by atoms with E-state index in [-0.39, 0.29) is 6.61 Å². The van der Waals surface area contributed by atoms with Gasteiger partial charge in [0.25, 0.3) is 0 Å². The fourth-order valence-corrected chi connectivity index (χ4v) is 3.13. The van der Waals surface area contributed by atoms with Gasteiger partial charge in [0, 0.05) is 13.0 Å². The number of halogens is 7. The maximum Gasteiger partial charge on any atom is 0.459 e. The van der Waals surface area contributed by atoms with Gasteiger partial charge in [-0.1, -0.05) is 0 Å². The molecule has 0 rings (SSSR count). The van der Waals surface area contributed by atoms with Gasteiger partial charge in [0.05, 0.1) is 0 Å². The van der Waals surface area contributed by atoms with Crippen LogP contribution in [0.25, 0.3) is 0 Å². The van der Waals surface area contributed by atoms with E-state index in [2.05, 4.69) is 0 Å². The van der Waals surface area contributed by atoms with Crippen molar-refractivity contribution in [3.05, 3.63) is 0 Å². The van der Waals surface area contributed by atoms with Crippen LogP contribution in [0, 0.1) is 0 Å². The normalized spacial score (nSPS) is 15.0. The highest BCUT2D eigenvalue weighted by Gasteiger charge is 2.72. The fourth-order valence-electron chi connectivity index (χ4n) is 1.29. The monoisotopic (exact) mass is 300 g/mol. The van der Waals surface area contributed by atoms with Crippen LogP contribution in [0.1, 0.15) is 13.3 Å². The van der Waals surface area contributed by atoms with Crippen LogP contribution in [0.2, 0.25) is 19.1 Å². The van der Waals surface area contributed by atoms with Crippen LogP contribution in [-0.2, 0) is 4.43 Å². The Kier molecular flexibility index (Phi) is 5.26. The maximum absolute atomic E-state index is 13.0. The Hall–Kier alpha value is -0.313. The molecule has 0 fully saturated rings. The summed E-state index contributed by atoms with van der Waals surface area (Å²) < 4.78 is 91.7. The fraction of sp³-hybridized carbons (Fsp3) is 1.00. The van der Waals surface area contributed by atoms with Crippen molar-refractivity contribution in [3.63, 3.8) is 0 Å². The standard InChI is InChI=1S/C9H15F7OSi/c1-4-17-18(2,3)6-5-7(10,11)8(12,13)9(14,15)16/h4-6H2,1-3H3. The molecule has 0 saturated carbocycles. The van der Waals surface area contributed by atoms with Crippen LogP contribution in [0.15, 0.2) is 0 Å². The molecule has 0 aliphatic rings. The van der Waals surface area contributed by atoms with E-state index in [0.717, 1.165) is 0 Å². The first-order valence-corrected chi connectivity index (χ1v) is 8.35. The van der Waals surface area contributed by atoms with Crippen molar-refractivity contribution in [2.45, 2.75) is 50.5 Å². The SMILES string of the molecule is CCO[Si](C)(C)CCC(F)(F)C(F)(F)C(F)(F)F. The molecule has 0 N–H and O–H groups in total. The molecule has 110 valence electrons. The van der Waals surface area contributed by atoms with E-state index in [0.29, 0.717) is 0 Å². The van der Waals surface area contributed by atoms with Gasteiger partial charge in [-0.2, -0.15) is 30.7 Å². The first-order valence-electron chi connectivity index (χ1n) is 5.23. The molecule has 0 aromatic rings. The third-order valence-electron chi connectivity index (χ3n) is 2.39. The minimum Gasteiger partial charge on any atom is -0.418 e. The topological polar surface area (TPSA) is 9.23 Å². The molecular weight excluding hydrogens is 285 g/mol. The smallest absolute Gasteiger partial charge is 0.418 e. The van der Waals surface area contributed by atoms with Crippen molar-refractivity contribution in [2.75, 3.05) is 6.61 Å². The molecule has 18 heavy (non-hydrogen) atoms. The van der Waals surface area contributed by atoms with Crippen molar-refractivity contribution in [3.8, 4) is 0 Å². The van der Waals surface area contributed by atoms with Crippen molar-refractivity contribution < 1.29 is 35.2 Å². The van der Waals surface area contributed by atoms with Gasteiger partial charge < -0.3 is 4.43 Å². The first kappa shape index (κ1) is 17.7. The molecule has 0 spiro atoms. The maximum atomic E-state index is 13.0. The quantitative estimate of drug-likeness (QED) is 0.520. The third kappa shape index (κ3) is 4.11. The molecule has 9 heteroatoms. The van der Waals surface area contributed by atoms with Crippen molar-refractivity contribution >= 4 is 8.32 Å². The highest BCUT2D eigenvalue weighted by atomic mass is 28.4. The molecule has 0 aliphatic heterocycles. The number of hydrogen-bond acceptors (Lipinski definition) is 1. The Balaban J connectivity index is 4.77. The molecule has 0 heterocycles. The largest absolute Gasteiger partial charge is 0.459 e. The lowest BCUT2D eigenvalue weighted by Gasteiger charge is -2.30. The Bertz CT molecular complexity index is 275. The van der Waals surface area contributed by atoms with Gasteiger partial charge in [-0.25, -0.2) is 0 Å². The summed E-state index contributed by atoms with van der Waals surface area (Å²) in [4.78, 5) is 0. The molecule has 1 nitrogen and oxygen atoms in total. The van der Waals surface area contributed by atoms with Crippen LogP contribution in [0.4, 0.5) is 30.7 Å². The van der Waals surface area contributed by atoms with Gasteiger partial charge in [-0.15, -0.1) is 0 Å². The van der Waals surface area contributed by atoms with E-state index >= 15 is 0 Å². The lowest BCUT2D eigenvalue weighted by atomic mass is 10.1. The average Bonchev–Trinajstić information content (AvgIpc) is 2.13. The second-order valence-electron chi connectivity index (χ2n) is 4.47. The summed E-state index contributed by atoms with van der Waals surface area (Å²) in [7, 11) is -2.63. The van der Waals surface area contributed by atoms with Crippen LogP contribution < -0.4 is 0 Å². The van der Waals surface area contributed by atoms with Gasteiger partial charge >= 0.3 is 18.0 Å². The van der Waals surface area contributed by atoms with Crippen LogP contribution in [-0.4, -0.2) is 32.9 Å². The zero-order valence-corrected chi connectivity index (χ0v) is 11.2. The highest BCUT2D eigenvalue weighted by molar-refractivity contribution is 6.71. The number of hydrogen-bond donors (Lipinski definition) is 0. The molecule has 0 unspecified atom stereocenters. The summed E-state index contributed by atoms with van der Waals surface area (Å²) in [6.45, 7) is 4.77. The van der Waals surface area contributed by atoms with E-state index in [1.807, 2.05) is 0 Å². The number of alkyl halides is 7. The van der Waals surface area contributed by atoms with Crippen LogP contribution in [0.5, 0.6) is 0 Å². The van der Waals surface area contributed by atoms with Gasteiger partial charge in [-0.05, 0) is 26.1 Å². The van der Waals surface area contributed by atoms with E-state index in [4.69, 9.17) is 4.43 Å². The van der Waals surface area contributed by atoms with E-state index in [1.54, 1.807) is 6.92 Å². The Labute approximate surface area is 101 Å². The summed E-state index contributed by atoms with van der Waals surface area (Å²) in [5.74, 6) is -11.1. The predicted molar refractivity (Wildman–Crippen MR) is 54.5 cm³/mol. The lowest BCUT2D eigenvalue weighted by Crippen LogP contribution is -2.52. The van der Waals surface area contributed by atoms with E-state index < -0.39 is 38.8 Å². The Morgan fingerprint density at radius 3 is 1.72 bits per heavy atom. The molecule has 0 radical (unpaired) electrons. The lowest BCUT2D eigenvalue weighted by molar-refractivity contribution is -0.354. The first-order chi connectivity index (χ1) is 7.77. The molecular formula is C9H15F7OSi. The summed E-state index contributed by atoms with van der Waals surface area (Å²) in [6, 6.07) is -0.473. The zero-order valence-electron chi connectivity index (χ0n) is 10.2. The molecule has 0 amide bonds. The summed E-state index contributed by atoms with van der Waals surface area (Å²) >= 11 is 0. The molecule has 0 aromatic carbocycles. The average molecular weight is 300 g/mol. The Morgan fingerprint density at radius 2 is 1.39 bits per heavy atom. The minimum atomic E-state index is -6.26. The predicted octanol–water partition coefficient (Wildman–Crippen LogP) is 4.45. The molecule has 0 bridgehead atoms. The summed E-state index contributed by atoms with van der Waals surface area (Å²) in [5.41, 5.74) is 0. The second kappa shape index (κ2) is 5.36. The highest BCUT2D eigenvalue weighted by Crippen LogP contribution is 2.49. The van der Waals surface area contributed by atoms with Crippen molar-refractivity contribution in [1.29, 1.82) is 0 Å². The summed E-state index contributed by atoms with van der Waals surface area (Å²) in [5, 5.41) is 0. The van der Waals surface area contributed by atoms with E-state index in [9.17, 15) is 30.7 Å². The van der Waals surface area contributed by atoms with Crippen molar-refractivity contribution in [1.82, 2.24) is 0 Å². The van der Waals surface area contributed by atoms with Crippen LogP contribution >= 0.6 is 0 Å². The molecule has 0 aliphatic carbocycles. The van der Waals surface area contributed by atoms with Gasteiger partial charge in [-0.3, -0.25) is 0 Å². The molecule has 0 aromatic heterocycles. The zero-order chi connectivity index (χ0) is 14.8. The molecule has 0 atom stereocenters. The van der Waals surface area contributed by atoms with E-state index in [1.165, 1.54) is 13.1 Å². The number of rotatable bonds is 6. The Morgan fingerprint density at radius 1 is 0.944 bits per heavy atom. The second-order valence-corrected chi connectivity index (χ2v) is 8.78.